The van der Waals surface area contributed by atoms with Gasteiger partial charge in [-0.25, -0.2) is 9.59 Å². The van der Waals surface area contributed by atoms with Gasteiger partial charge in [0.15, 0.2) is 0 Å². The number of nitrogens with zero attached hydrogens (tertiary/aromatic N) is 2. The lowest BCUT2D eigenvalue weighted by atomic mass is 10.2. The smallest absolute Gasteiger partial charge is 0.407 e. The van der Waals surface area contributed by atoms with Gasteiger partial charge in [-0.3, -0.25) is 4.68 Å². The number of benzene rings is 2. The molecule has 148 valence electrons. The fourth-order valence-corrected chi connectivity index (χ4v) is 3.21. The van der Waals surface area contributed by atoms with Crippen LogP contribution in [0.1, 0.15) is 23.0 Å². The van der Waals surface area contributed by atoms with Crippen molar-refractivity contribution in [2.24, 2.45) is 0 Å². The number of aromatic carboxylic acids is 1. The van der Waals surface area contributed by atoms with Crippen LogP contribution in [0.2, 0.25) is 0 Å². The number of amides is 1. The molecule has 8 nitrogen and oxygen atoms in total. The van der Waals surface area contributed by atoms with Crippen LogP contribution in [0, 0.1) is 0 Å². The Kier molecular flexibility index (Phi) is 4.90. The normalized spacial score (nSPS) is 12.2. The third-order valence-corrected chi connectivity index (χ3v) is 4.53. The Balaban J connectivity index is 1.47. The maximum atomic E-state index is 12.1. The van der Waals surface area contributed by atoms with Gasteiger partial charge in [-0.1, -0.05) is 30.3 Å². The maximum absolute atomic E-state index is 12.1. The number of carboxylic acids is 1. The zero-order valence-electron chi connectivity index (χ0n) is 15.7. The molecule has 2 aromatic heterocycles. The van der Waals surface area contributed by atoms with Crippen molar-refractivity contribution in [1.82, 2.24) is 15.1 Å². The van der Waals surface area contributed by atoms with Gasteiger partial charge in [-0.2, -0.15) is 5.10 Å². The summed E-state index contributed by atoms with van der Waals surface area (Å²) in [7, 11) is 0. The lowest BCUT2D eigenvalue weighted by Gasteiger charge is -2.15. The molecule has 0 aliphatic carbocycles. The Bertz CT molecular complexity index is 1180. The van der Waals surface area contributed by atoms with Crippen LogP contribution < -0.4 is 5.32 Å². The fraction of sp³-hybridized carbons (Fsp3) is 0.190. The molecule has 0 fully saturated rings. The largest absolute Gasteiger partial charge is 0.475 e. The molecule has 0 unspecified atom stereocenters. The number of alkyl carbamates (subject to hydrolysis) is 1. The highest BCUT2D eigenvalue weighted by Gasteiger charge is 2.17. The van der Waals surface area contributed by atoms with E-state index < -0.39 is 12.1 Å². The number of hydrogen-bond acceptors (Lipinski definition) is 5. The Morgan fingerprint density at radius 3 is 2.79 bits per heavy atom. The minimum atomic E-state index is -1.13. The number of fused-ring (bicyclic) bond motifs is 3. The number of rotatable bonds is 6. The monoisotopic (exact) mass is 393 g/mol. The minimum Gasteiger partial charge on any atom is -0.475 e. The van der Waals surface area contributed by atoms with Crippen LogP contribution in [-0.4, -0.2) is 33.0 Å². The number of carbonyl (C=O) groups excluding carboxylic acids is 1. The zero-order chi connectivity index (χ0) is 20.4. The first kappa shape index (κ1) is 18.5. The molecule has 1 atom stereocenters. The lowest BCUT2D eigenvalue weighted by Crippen LogP contribution is -2.36. The van der Waals surface area contributed by atoms with E-state index in [1.54, 1.807) is 16.9 Å². The first-order valence-electron chi connectivity index (χ1n) is 9.10. The van der Waals surface area contributed by atoms with Crippen LogP contribution in [0.15, 0.2) is 59.1 Å². The Hall–Kier alpha value is -3.81. The standard InChI is InChI=1S/C21H19N3O5/c1-13(23-21(27)28-12-14-5-3-2-4-6-14)11-24-19-15(10-22-24)7-8-17-16(19)9-18(29-17)20(25)26/h2-10,13H,11-12H2,1H3,(H,23,27)(H,25,26)/t13-/m0/s1. The molecule has 0 bridgehead atoms. The Morgan fingerprint density at radius 2 is 2.03 bits per heavy atom. The second-order valence-corrected chi connectivity index (χ2v) is 6.76. The maximum Gasteiger partial charge on any atom is 0.407 e. The molecule has 0 aliphatic heterocycles. The topological polar surface area (TPSA) is 107 Å². The van der Waals surface area contributed by atoms with Gasteiger partial charge in [-0.15, -0.1) is 0 Å². The molecule has 8 heteroatoms. The summed E-state index contributed by atoms with van der Waals surface area (Å²) in [4.78, 5) is 23.3. The molecule has 1 amide bonds. The summed E-state index contributed by atoms with van der Waals surface area (Å²) in [6.07, 6.45) is 1.18. The number of furan rings is 1. The van der Waals surface area contributed by atoms with E-state index in [2.05, 4.69) is 10.4 Å². The quantitative estimate of drug-likeness (QED) is 0.516. The van der Waals surface area contributed by atoms with Crippen molar-refractivity contribution in [3.63, 3.8) is 0 Å². The first-order chi connectivity index (χ1) is 14.0. The van der Waals surface area contributed by atoms with Gasteiger partial charge in [-0.05, 0) is 24.6 Å². The molecular weight excluding hydrogens is 374 g/mol. The van der Waals surface area contributed by atoms with E-state index in [-0.39, 0.29) is 18.4 Å². The summed E-state index contributed by atoms with van der Waals surface area (Å²) < 4.78 is 12.3. The number of hydrogen-bond donors (Lipinski definition) is 2. The average molecular weight is 393 g/mol. The van der Waals surface area contributed by atoms with Crippen molar-refractivity contribution in [3.05, 3.63) is 66.1 Å². The zero-order valence-corrected chi connectivity index (χ0v) is 15.7. The van der Waals surface area contributed by atoms with Crippen molar-refractivity contribution in [2.75, 3.05) is 0 Å². The molecule has 2 heterocycles. The van der Waals surface area contributed by atoms with Gasteiger partial charge >= 0.3 is 12.1 Å². The summed E-state index contributed by atoms with van der Waals surface area (Å²) in [5.74, 6) is -1.26. The number of carbonyl (C=O) groups is 2. The first-order valence-corrected chi connectivity index (χ1v) is 9.10. The fourth-order valence-electron chi connectivity index (χ4n) is 3.21. The third-order valence-electron chi connectivity index (χ3n) is 4.53. The highest BCUT2D eigenvalue weighted by atomic mass is 16.5. The van der Waals surface area contributed by atoms with Crippen LogP contribution in [-0.2, 0) is 17.9 Å². The van der Waals surface area contributed by atoms with Crippen molar-refractivity contribution >= 4 is 33.9 Å². The summed E-state index contributed by atoms with van der Waals surface area (Å²) in [5.41, 5.74) is 2.13. The van der Waals surface area contributed by atoms with E-state index in [0.717, 1.165) is 16.5 Å². The molecule has 4 rings (SSSR count). The van der Waals surface area contributed by atoms with E-state index >= 15 is 0 Å². The van der Waals surface area contributed by atoms with Crippen molar-refractivity contribution in [1.29, 1.82) is 0 Å². The lowest BCUT2D eigenvalue weighted by molar-refractivity contribution is 0.0665. The van der Waals surface area contributed by atoms with Crippen molar-refractivity contribution in [2.45, 2.75) is 26.1 Å². The molecule has 0 saturated carbocycles. The van der Waals surface area contributed by atoms with E-state index in [4.69, 9.17) is 9.15 Å². The van der Waals surface area contributed by atoms with Gasteiger partial charge in [0.2, 0.25) is 5.76 Å². The van der Waals surface area contributed by atoms with Gasteiger partial charge < -0.3 is 19.6 Å². The third kappa shape index (κ3) is 3.91. The second-order valence-electron chi connectivity index (χ2n) is 6.76. The van der Waals surface area contributed by atoms with Gasteiger partial charge in [0.25, 0.3) is 0 Å². The molecule has 0 saturated heterocycles. The van der Waals surface area contributed by atoms with Crippen molar-refractivity contribution < 1.29 is 23.8 Å². The predicted molar refractivity (Wildman–Crippen MR) is 106 cm³/mol. The van der Waals surface area contributed by atoms with E-state index in [0.29, 0.717) is 17.5 Å². The van der Waals surface area contributed by atoms with E-state index in [9.17, 15) is 14.7 Å². The molecule has 2 N–H and O–H groups in total. The van der Waals surface area contributed by atoms with E-state index in [1.807, 2.05) is 43.3 Å². The van der Waals surface area contributed by atoms with Crippen LogP contribution in [0.3, 0.4) is 0 Å². The highest BCUT2D eigenvalue weighted by molar-refractivity contribution is 6.06. The number of aromatic nitrogens is 2. The average Bonchev–Trinajstić information content (AvgIpc) is 3.31. The highest BCUT2D eigenvalue weighted by Crippen LogP contribution is 2.28. The molecule has 2 aromatic carbocycles. The molecular formula is C21H19N3O5. The molecule has 0 spiro atoms. The van der Waals surface area contributed by atoms with Crippen LogP contribution in [0.5, 0.6) is 0 Å². The molecule has 4 aromatic rings. The second kappa shape index (κ2) is 7.67. The Morgan fingerprint density at radius 1 is 1.24 bits per heavy atom. The molecule has 0 aliphatic rings. The summed E-state index contributed by atoms with van der Waals surface area (Å²) in [6.45, 7) is 2.42. The van der Waals surface area contributed by atoms with Crippen LogP contribution in [0.4, 0.5) is 4.79 Å². The van der Waals surface area contributed by atoms with Gasteiger partial charge in [0.05, 0.1) is 18.3 Å². The SMILES string of the molecule is C[C@@H](Cn1ncc2ccc3oc(C(=O)O)cc3c21)NC(=O)OCc1ccccc1. The van der Waals surface area contributed by atoms with Crippen LogP contribution >= 0.6 is 0 Å². The van der Waals surface area contributed by atoms with Crippen molar-refractivity contribution in [3.8, 4) is 0 Å². The number of ether oxygens (including phenoxy) is 1. The Labute approximate surface area is 165 Å². The molecule has 29 heavy (non-hydrogen) atoms. The summed E-state index contributed by atoms with van der Waals surface area (Å²) in [5, 5.41) is 17.9. The molecule has 0 radical (unpaired) electrons. The summed E-state index contributed by atoms with van der Waals surface area (Å²) in [6, 6.07) is 14.2. The summed E-state index contributed by atoms with van der Waals surface area (Å²) >= 11 is 0. The van der Waals surface area contributed by atoms with E-state index in [1.165, 1.54) is 6.07 Å². The predicted octanol–water partition coefficient (Wildman–Crippen LogP) is 3.80. The van der Waals surface area contributed by atoms with Gasteiger partial charge in [0, 0.05) is 22.9 Å². The number of carboxylic acid groups (broad SMARTS) is 1. The van der Waals surface area contributed by atoms with Crippen LogP contribution in [0.25, 0.3) is 21.9 Å². The number of nitrogens with one attached hydrogen (secondary N) is 1. The van der Waals surface area contributed by atoms with Gasteiger partial charge in [0.1, 0.15) is 12.2 Å². The minimum absolute atomic E-state index is 0.129.